The number of hydrogen-bond donors (Lipinski definition) is 2. The van der Waals surface area contributed by atoms with E-state index in [9.17, 15) is 14.9 Å². The Kier molecular flexibility index (Phi) is 5.21. The van der Waals surface area contributed by atoms with Gasteiger partial charge in [0.25, 0.3) is 5.69 Å². The lowest BCUT2D eigenvalue weighted by molar-refractivity contribution is -0.385. The zero-order valence-electron chi connectivity index (χ0n) is 14.2. The molecule has 0 aromatic heterocycles. The van der Waals surface area contributed by atoms with Crippen molar-refractivity contribution in [3.63, 3.8) is 0 Å². The number of nitrogens with one attached hydrogen (secondary N) is 2. The summed E-state index contributed by atoms with van der Waals surface area (Å²) >= 11 is 0. The van der Waals surface area contributed by atoms with E-state index in [4.69, 9.17) is 9.47 Å². The SMILES string of the molecule is Cc1c(NCC(=O)NC[C@H]2COc3ccccc3O2)cccc1[N+](=O)[O-]. The van der Waals surface area contributed by atoms with E-state index in [1.165, 1.54) is 6.07 Å². The van der Waals surface area contributed by atoms with Gasteiger partial charge in [0.2, 0.25) is 5.91 Å². The summed E-state index contributed by atoms with van der Waals surface area (Å²) < 4.78 is 11.4. The highest BCUT2D eigenvalue weighted by molar-refractivity contribution is 5.81. The van der Waals surface area contributed by atoms with Gasteiger partial charge in [-0.05, 0) is 25.1 Å². The summed E-state index contributed by atoms with van der Waals surface area (Å²) in [5.41, 5.74) is 1.06. The van der Waals surface area contributed by atoms with Crippen LogP contribution in [-0.2, 0) is 4.79 Å². The van der Waals surface area contributed by atoms with Crippen LogP contribution >= 0.6 is 0 Å². The average molecular weight is 357 g/mol. The van der Waals surface area contributed by atoms with Crippen molar-refractivity contribution >= 4 is 17.3 Å². The minimum Gasteiger partial charge on any atom is -0.486 e. The number of anilines is 1. The molecule has 1 aliphatic heterocycles. The highest BCUT2D eigenvalue weighted by Crippen LogP contribution is 2.30. The molecule has 0 bridgehead atoms. The first-order valence-electron chi connectivity index (χ1n) is 8.17. The molecule has 2 aromatic carbocycles. The predicted molar refractivity (Wildman–Crippen MR) is 95.7 cm³/mol. The molecule has 0 aliphatic carbocycles. The van der Waals surface area contributed by atoms with Gasteiger partial charge in [-0.3, -0.25) is 14.9 Å². The minimum absolute atomic E-state index is 0.00612. The van der Waals surface area contributed by atoms with Gasteiger partial charge in [0, 0.05) is 17.3 Å². The van der Waals surface area contributed by atoms with E-state index in [-0.39, 0.29) is 24.2 Å². The van der Waals surface area contributed by atoms with E-state index in [0.717, 1.165) is 0 Å². The van der Waals surface area contributed by atoms with Crippen LogP contribution in [0.1, 0.15) is 5.56 Å². The number of nitrogens with zero attached hydrogens (tertiary/aromatic N) is 1. The summed E-state index contributed by atoms with van der Waals surface area (Å²) in [5, 5.41) is 16.6. The molecular formula is C18H19N3O5. The Bertz CT molecular complexity index is 824. The number of para-hydroxylation sites is 2. The molecule has 2 aromatic rings. The molecule has 3 rings (SSSR count). The van der Waals surface area contributed by atoms with Gasteiger partial charge in [-0.25, -0.2) is 0 Å². The second-order valence-electron chi connectivity index (χ2n) is 5.86. The fraction of sp³-hybridized carbons (Fsp3) is 0.278. The van der Waals surface area contributed by atoms with Crippen LogP contribution in [0.4, 0.5) is 11.4 Å². The summed E-state index contributed by atoms with van der Waals surface area (Å²) in [7, 11) is 0. The summed E-state index contributed by atoms with van der Waals surface area (Å²) in [5.74, 6) is 1.11. The number of carbonyl (C=O) groups is 1. The van der Waals surface area contributed by atoms with E-state index in [1.807, 2.05) is 24.3 Å². The highest BCUT2D eigenvalue weighted by atomic mass is 16.6. The van der Waals surface area contributed by atoms with E-state index in [2.05, 4.69) is 10.6 Å². The molecule has 1 atom stereocenters. The van der Waals surface area contributed by atoms with E-state index < -0.39 is 4.92 Å². The highest BCUT2D eigenvalue weighted by Gasteiger charge is 2.21. The van der Waals surface area contributed by atoms with Crippen molar-refractivity contribution in [3.05, 3.63) is 58.1 Å². The number of nitro groups is 1. The van der Waals surface area contributed by atoms with Crippen LogP contribution in [0, 0.1) is 17.0 Å². The van der Waals surface area contributed by atoms with Gasteiger partial charge in [-0.2, -0.15) is 0 Å². The van der Waals surface area contributed by atoms with Gasteiger partial charge in [0.1, 0.15) is 12.7 Å². The Morgan fingerprint density at radius 1 is 1.23 bits per heavy atom. The monoisotopic (exact) mass is 357 g/mol. The van der Waals surface area contributed by atoms with Gasteiger partial charge in [0.05, 0.1) is 18.0 Å². The molecule has 8 nitrogen and oxygen atoms in total. The first kappa shape index (κ1) is 17.5. The van der Waals surface area contributed by atoms with Crippen LogP contribution in [0.15, 0.2) is 42.5 Å². The summed E-state index contributed by atoms with van der Waals surface area (Å²) in [6.07, 6.45) is -0.270. The number of hydrogen-bond acceptors (Lipinski definition) is 6. The summed E-state index contributed by atoms with van der Waals surface area (Å²) in [4.78, 5) is 22.5. The molecule has 2 N–H and O–H groups in total. The quantitative estimate of drug-likeness (QED) is 0.607. The van der Waals surface area contributed by atoms with E-state index in [1.54, 1.807) is 19.1 Å². The first-order chi connectivity index (χ1) is 12.5. The third-order valence-electron chi connectivity index (χ3n) is 4.04. The van der Waals surface area contributed by atoms with Crippen LogP contribution in [0.25, 0.3) is 0 Å². The fourth-order valence-electron chi connectivity index (χ4n) is 2.64. The third kappa shape index (κ3) is 4.02. The molecular weight excluding hydrogens is 338 g/mol. The molecule has 136 valence electrons. The minimum atomic E-state index is -0.446. The van der Waals surface area contributed by atoms with Crippen LogP contribution in [0.2, 0.25) is 0 Å². The maximum absolute atomic E-state index is 12.0. The normalized spacial score (nSPS) is 15.2. The molecule has 0 saturated carbocycles. The Hall–Kier alpha value is -3.29. The van der Waals surface area contributed by atoms with Gasteiger partial charge in [0.15, 0.2) is 11.5 Å². The van der Waals surface area contributed by atoms with Crippen molar-refractivity contribution in [3.8, 4) is 11.5 Å². The van der Waals surface area contributed by atoms with Gasteiger partial charge in [-0.1, -0.05) is 18.2 Å². The largest absolute Gasteiger partial charge is 0.486 e. The molecule has 8 heteroatoms. The molecule has 0 fully saturated rings. The van der Waals surface area contributed by atoms with Crippen LogP contribution in [0.3, 0.4) is 0 Å². The number of benzene rings is 2. The van der Waals surface area contributed by atoms with Crippen molar-refractivity contribution in [2.24, 2.45) is 0 Å². The van der Waals surface area contributed by atoms with Crippen LogP contribution < -0.4 is 20.1 Å². The van der Waals surface area contributed by atoms with Crippen molar-refractivity contribution in [1.29, 1.82) is 0 Å². The third-order valence-corrected chi connectivity index (χ3v) is 4.04. The zero-order valence-corrected chi connectivity index (χ0v) is 14.2. The average Bonchev–Trinajstić information content (AvgIpc) is 2.65. The lowest BCUT2D eigenvalue weighted by atomic mass is 10.1. The zero-order chi connectivity index (χ0) is 18.5. The fourth-order valence-corrected chi connectivity index (χ4v) is 2.64. The van der Waals surface area contributed by atoms with Crippen molar-refractivity contribution in [2.75, 3.05) is 25.0 Å². The van der Waals surface area contributed by atoms with E-state index in [0.29, 0.717) is 35.9 Å². The number of nitro benzene ring substituents is 1. The standard InChI is InChI=1S/C18H19N3O5/c1-12-14(5-4-6-15(12)21(23)24)19-10-18(22)20-9-13-11-25-16-7-2-3-8-17(16)26-13/h2-8,13,19H,9-11H2,1H3,(H,20,22)/t13-/m0/s1. The van der Waals surface area contributed by atoms with Gasteiger partial charge in [-0.15, -0.1) is 0 Å². The molecule has 1 aliphatic rings. The van der Waals surface area contributed by atoms with Crippen molar-refractivity contribution < 1.29 is 19.2 Å². The van der Waals surface area contributed by atoms with Gasteiger partial charge < -0.3 is 20.1 Å². The Morgan fingerprint density at radius 2 is 2.00 bits per heavy atom. The van der Waals surface area contributed by atoms with Crippen molar-refractivity contribution in [1.82, 2.24) is 5.32 Å². The first-order valence-corrected chi connectivity index (χ1v) is 8.17. The topological polar surface area (TPSA) is 103 Å². The number of rotatable bonds is 6. The maximum atomic E-state index is 12.0. The predicted octanol–water partition coefficient (Wildman–Crippen LogP) is 2.27. The second kappa shape index (κ2) is 7.73. The number of carbonyl (C=O) groups excluding carboxylic acids is 1. The lowest BCUT2D eigenvalue weighted by Crippen LogP contribution is -2.42. The molecule has 1 heterocycles. The number of ether oxygens (including phenoxy) is 2. The molecule has 0 spiro atoms. The molecule has 0 unspecified atom stereocenters. The Morgan fingerprint density at radius 3 is 2.77 bits per heavy atom. The smallest absolute Gasteiger partial charge is 0.274 e. The van der Waals surface area contributed by atoms with Crippen LogP contribution in [0.5, 0.6) is 11.5 Å². The molecule has 0 saturated heterocycles. The Labute approximate surface area is 150 Å². The lowest BCUT2D eigenvalue weighted by Gasteiger charge is -2.26. The summed E-state index contributed by atoms with van der Waals surface area (Å²) in [6.45, 7) is 2.31. The molecule has 26 heavy (non-hydrogen) atoms. The molecule has 0 radical (unpaired) electrons. The van der Waals surface area contributed by atoms with Gasteiger partial charge >= 0.3 is 0 Å². The summed E-state index contributed by atoms with van der Waals surface area (Å²) in [6, 6.07) is 12.1. The van der Waals surface area contributed by atoms with E-state index >= 15 is 0 Å². The Balaban J connectivity index is 1.48. The number of amides is 1. The second-order valence-corrected chi connectivity index (χ2v) is 5.86. The maximum Gasteiger partial charge on any atom is 0.274 e. The molecule has 1 amide bonds. The van der Waals surface area contributed by atoms with Crippen molar-refractivity contribution in [2.45, 2.75) is 13.0 Å². The van der Waals surface area contributed by atoms with Crippen LogP contribution in [-0.4, -0.2) is 36.6 Å². The number of fused-ring (bicyclic) bond motifs is 1.